The molecule has 0 heterocycles. The lowest BCUT2D eigenvalue weighted by Crippen LogP contribution is -1.96. The Morgan fingerprint density at radius 3 is 1.74 bits per heavy atom. The van der Waals surface area contributed by atoms with Crippen molar-refractivity contribution >= 4 is 34.7 Å². The molecule has 0 radical (unpaired) electrons. The molecule has 4 heteroatoms. The van der Waals surface area contributed by atoms with Gasteiger partial charge in [-0.3, -0.25) is 4.79 Å². The Labute approximate surface area is 120 Å². The highest BCUT2D eigenvalue weighted by Gasteiger charge is 2.06. The first-order valence-corrected chi connectivity index (χ1v) is 6.28. The molecular formula is C15H10Cl2O2. The van der Waals surface area contributed by atoms with Crippen LogP contribution in [0.2, 0.25) is 10.0 Å². The Bertz CT molecular complexity index is 614. The molecule has 2 aromatic carbocycles. The fourth-order valence-corrected chi connectivity index (χ4v) is 1.78. The van der Waals surface area contributed by atoms with Gasteiger partial charge >= 0.3 is 0 Å². The summed E-state index contributed by atoms with van der Waals surface area (Å²) in [5.74, 6) is -0.388. The third kappa shape index (κ3) is 3.60. The monoisotopic (exact) mass is 292 g/mol. The Morgan fingerprint density at radius 2 is 1.26 bits per heavy atom. The average Bonchev–Trinajstić information content (AvgIpc) is 2.40. The summed E-state index contributed by atoms with van der Waals surface area (Å²) < 4.78 is 0. The fourth-order valence-electron chi connectivity index (χ4n) is 1.53. The number of halogens is 2. The highest BCUT2D eigenvalue weighted by atomic mass is 35.5. The topological polar surface area (TPSA) is 37.3 Å². The van der Waals surface area contributed by atoms with Gasteiger partial charge in [-0.1, -0.05) is 23.2 Å². The predicted octanol–water partition coefficient (Wildman–Crippen LogP) is 4.78. The molecule has 2 nitrogen and oxygen atoms in total. The van der Waals surface area contributed by atoms with Crippen molar-refractivity contribution in [3.63, 3.8) is 0 Å². The molecule has 1 N–H and O–H groups in total. The number of rotatable bonds is 3. The SMILES string of the molecule is O=C(/C=C(\O)c1ccc(Cl)cc1)c1ccc(Cl)cc1. The van der Waals surface area contributed by atoms with Crippen molar-refractivity contribution in [3.05, 3.63) is 75.8 Å². The second kappa shape index (κ2) is 5.91. The normalized spacial score (nSPS) is 11.4. The molecule has 0 aromatic heterocycles. The molecule has 0 aliphatic heterocycles. The van der Waals surface area contributed by atoms with Gasteiger partial charge in [-0.05, 0) is 48.5 Å². The first kappa shape index (κ1) is 13.7. The Morgan fingerprint density at radius 1 is 0.842 bits per heavy atom. The molecule has 0 fully saturated rings. The molecule has 0 saturated carbocycles. The summed E-state index contributed by atoms with van der Waals surface area (Å²) in [6.07, 6.45) is 1.17. The number of hydrogen-bond donors (Lipinski definition) is 1. The largest absolute Gasteiger partial charge is 0.507 e. The molecule has 0 saturated heterocycles. The van der Waals surface area contributed by atoms with E-state index in [9.17, 15) is 9.90 Å². The third-order valence-electron chi connectivity index (χ3n) is 2.54. The highest BCUT2D eigenvalue weighted by molar-refractivity contribution is 6.31. The molecule has 0 amide bonds. The molecule has 2 aromatic rings. The Balaban J connectivity index is 2.22. The van der Waals surface area contributed by atoms with Crippen molar-refractivity contribution in [2.75, 3.05) is 0 Å². The molecule has 0 aliphatic rings. The maximum Gasteiger partial charge on any atom is 0.189 e. The maximum atomic E-state index is 11.9. The first-order valence-electron chi connectivity index (χ1n) is 5.53. The van der Waals surface area contributed by atoms with Gasteiger partial charge in [0.1, 0.15) is 5.76 Å². The van der Waals surface area contributed by atoms with E-state index in [1.165, 1.54) is 6.08 Å². The van der Waals surface area contributed by atoms with E-state index in [0.29, 0.717) is 21.2 Å². The Kier molecular flexibility index (Phi) is 4.25. The number of carbonyl (C=O) groups excluding carboxylic acids is 1. The molecule has 19 heavy (non-hydrogen) atoms. The minimum atomic E-state index is -0.288. The van der Waals surface area contributed by atoms with Crippen LogP contribution in [-0.2, 0) is 0 Å². The lowest BCUT2D eigenvalue weighted by molar-refractivity contribution is 0.104. The smallest absolute Gasteiger partial charge is 0.189 e. The Hall–Kier alpha value is -1.77. The van der Waals surface area contributed by atoms with E-state index in [0.717, 1.165) is 0 Å². The molecule has 0 bridgehead atoms. The minimum Gasteiger partial charge on any atom is -0.507 e. The van der Waals surface area contributed by atoms with Crippen molar-refractivity contribution in [1.29, 1.82) is 0 Å². The maximum absolute atomic E-state index is 11.9. The zero-order chi connectivity index (χ0) is 13.8. The van der Waals surface area contributed by atoms with Gasteiger partial charge in [-0.2, -0.15) is 0 Å². The van der Waals surface area contributed by atoms with E-state index in [2.05, 4.69) is 0 Å². The van der Waals surface area contributed by atoms with Crippen LogP contribution in [0.15, 0.2) is 54.6 Å². The van der Waals surface area contributed by atoms with Crippen molar-refractivity contribution < 1.29 is 9.90 Å². The highest BCUT2D eigenvalue weighted by Crippen LogP contribution is 2.17. The van der Waals surface area contributed by atoms with E-state index in [1.807, 2.05) is 0 Å². The van der Waals surface area contributed by atoms with Crippen LogP contribution in [0.5, 0.6) is 0 Å². The van der Waals surface area contributed by atoms with Crippen LogP contribution in [0.3, 0.4) is 0 Å². The van der Waals surface area contributed by atoms with Crippen LogP contribution in [0.25, 0.3) is 5.76 Å². The van der Waals surface area contributed by atoms with E-state index in [4.69, 9.17) is 23.2 Å². The van der Waals surface area contributed by atoms with E-state index in [1.54, 1.807) is 48.5 Å². The van der Waals surface area contributed by atoms with Crippen molar-refractivity contribution in [3.8, 4) is 0 Å². The number of hydrogen-bond acceptors (Lipinski definition) is 2. The van der Waals surface area contributed by atoms with E-state index in [-0.39, 0.29) is 11.5 Å². The van der Waals surface area contributed by atoms with Gasteiger partial charge in [0.15, 0.2) is 5.78 Å². The van der Waals surface area contributed by atoms with Crippen molar-refractivity contribution in [2.45, 2.75) is 0 Å². The van der Waals surface area contributed by atoms with Gasteiger partial charge in [-0.15, -0.1) is 0 Å². The van der Waals surface area contributed by atoms with Crippen LogP contribution in [0, 0.1) is 0 Å². The van der Waals surface area contributed by atoms with Crippen LogP contribution in [0.1, 0.15) is 15.9 Å². The predicted molar refractivity (Wildman–Crippen MR) is 77.8 cm³/mol. The standard InChI is InChI=1S/C15H10Cl2O2/c16-12-5-1-10(2-6-12)14(18)9-15(19)11-3-7-13(17)8-4-11/h1-9,18H/b14-9-. The number of allylic oxidation sites excluding steroid dienone is 1. The molecule has 0 aliphatic carbocycles. The number of benzene rings is 2. The molecular weight excluding hydrogens is 283 g/mol. The summed E-state index contributed by atoms with van der Waals surface area (Å²) in [7, 11) is 0. The van der Waals surface area contributed by atoms with Gasteiger partial charge in [0.05, 0.1) is 0 Å². The van der Waals surface area contributed by atoms with Crippen molar-refractivity contribution in [1.82, 2.24) is 0 Å². The number of aliphatic hydroxyl groups is 1. The van der Waals surface area contributed by atoms with Gasteiger partial charge < -0.3 is 5.11 Å². The summed E-state index contributed by atoms with van der Waals surface area (Å²) in [6.45, 7) is 0. The van der Waals surface area contributed by atoms with Gasteiger partial charge in [0.25, 0.3) is 0 Å². The molecule has 96 valence electrons. The minimum absolute atomic E-state index is 0.100. The first-order chi connectivity index (χ1) is 9.06. The molecule has 2 rings (SSSR count). The lowest BCUT2D eigenvalue weighted by Gasteiger charge is -2.01. The van der Waals surface area contributed by atoms with Crippen LogP contribution in [0.4, 0.5) is 0 Å². The molecule has 0 spiro atoms. The van der Waals surface area contributed by atoms with Gasteiger partial charge in [-0.25, -0.2) is 0 Å². The second-order valence-corrected chi connectivity index (χ2v) is 4.78. The zero-order valence-corrected chi connectivity index (χ0v) is 11.3. The lowest BCUT2D eigenvalue weighted by atomic mass is 10.1. The summed E-state index contributed by atoms with van der Waals surface area (Å²) in [5.41, 5.74) is 0.997. The summed E-state index contributed by atoms with van der Waals surface area (Å²) in [5, 5.41) is 11.0. The number of carbonyl (C=O) groups is 1. The zero-order valence-electron chi connectivity index (χ0n) is 9.81. The number of ketones is 1. The molecule has 0 atom stereocenters. The fraction of sp³-hybridized carbons (Fsp3) is 0. The van der Waals surface area contributed by atoms with Crippen LogP contribution in [-0.4, -0.2) is 10.9 Å². The average molecular weight is 293 g/mol. The summed E-state index contributed by atoms with van der Waals surface area (Å²) in [4.78, 5) is 11.9. The van der Waals surface area contributed by atoms with Crippen LogP contribution < -0.4 is 0 Å². The molecule has 0 unspecified atom stereocenters. The van der Waals surface area contributed by atoms with Gasteiger partial charge in [0, 0.05) is 27.2 Å². The number of aliphatic hydroxyl groups excluding tert-OH is 1. The second-order valence-electron chi connectivity index (χ2n) is 3.91. The quantitative estimate of drug-likeness (QED) is 0.502. The summed E-state index contributed by atoms with van der Waals surface area (Å²) >= 11 is 11.5. The van der Waals surface area contributed by atoms with Crippen molar-refractivity contribution in [2.24, 2.45) is 0 Å². The summed E-state index contributed by atoms with van der Waals surface area (Å²) in [6, 6.07) is 13.0. The van der Waals surface area contributed by atoms with Gasteiger partial charge in [0.2, 0.25) is 0 Å². The van der Waals surface area contributed by atoms with E-state index >= 15 is 0 Å². The third-order valence-corrected chi connectivity index (χ3v) is 3.04. The van der Waals surface area contributed by atoms with E-state index < -0.39 is 0 Å². The van der Waals surface area contributed by atoms with Crippen LogP contribution >= 0.6 is 23.2 Å².